The molecule has 1 saturated heterocycles. The highest BCUT2D eigenvalue weighted by molar-refractivity contribution is 7.12. The van der Waals surface area contributed by atoms with Crippen molar-refractivity contribution in [3.8, 4) is 0 Å². The Balaban J connectivity index is 1.67. The van der Waals surface area contributed by atoms with Gasteiger partial charge >= 0.3 is 0 Å². The molecule has 3 heteroatoms. The summed E-state index contributed by atoms with van der Waals surface area (Å²) >= 11 is 1.53. The van der Waals surface area contributed by atoms with Gasteiger partial charge in [0, 0.05) is 13.0 Å². The summed E-state index contributed by atoms with van der Waals surface area (Å²) in [7, 11) is 0. The first-order chi connectivity index (χ1) is 7.36. The molecule has 0 N–H and O–H groups in total. The van der Waals surface area contributed by atoms with Gasteiger partial charge in [0.25, 0.3) is 0 Å². The van der Waals surface area contributed by atoms with Crippen molar-refractivity contribution < 1.29 is 9.53 Å². The highest BCUT2D eigenvalue weighted by Gasteiger charge is 2.15. The fraction of sp³-hybridized carbons (Fsp3) is 0.583. The lowest BCUT2D eigenvalue weighted by atomic mass is 10.1. The van der Waals surface area contributed by atoms with Crippen molar-refractivity contribution in [1.82, 2.24) is 0 Å². The van der Waals surface area contributed by atoms with Crippen molar-refractivity contribution in [2.45, 2.75) is 38.2 Å². The molecule has 2 rings (SSSR count). The minimum absolute atomic E-state index is 0.281. The zero-order valence-corrected chi connectivity index (χ0v) is 9.59. The standard InChI is InChI=1S/C12H16O2S/c13-11(12-7-3-9-15-12)6-1-4-10-5-2-8-14-10/h3,7,9-10H,1-2,4-6,8H2. The smallest absolute Gasteiger partial charge is 0.172 e. The number of carbonyl (C=O) groups excluding carboxylic acids is 1. The third kappa shape index (κ3) is 3.14. The second-order valence-corrected chi connectivity index (χ2v) is 4.88. The van der Waals surface area contributed by atoms with Crippen LogP contribution in [0.15, 0.2) is 17.5 Å². The Morgan fingerprint density at radius 3 is 3.20 bits per heavy atom. The van der Waals surface area contributed by atoms with Gasteiger partial charge in [0.1, 0.15) is 0 Å². The second-order valence-electron chi connectivity index (χ2n) is 3.93. The Morgan fingerprint density at radius 1 is 1.60 bits per heavy atom. The average Bonchev–Trinajstić information content (AvgIpc) is 2.90. The third-order valence-electron chi connectivity index (χ3n) is 2.75. The molecule has 1 fully saturated rings. The van der Waals surface area contributed by atoms with Crippen molar-refractivity contribution in [2.75, 3.05) is 6.61 Å². The summed E-state index contributed by atoms with van der Waals surface area (Å²) in [4.78, 5) is 12.5. The van der Waals surface area contributed by atoms with E-state index in [-0.39, 0.29) is 5.78 Å². The van der Waals surface area contributed by atoms with Crippen LogP contribution in [0.4, 0.5) is 0 Å². The molecule has 15 heavy (non-hydrogen) atoms. The number of Topliss-reactive ketones (excluding diaryl/α,β-unsaturated/α-hetero) is 1. The minimum atomic E-state index is 0.281. The number of carbonyl (C=O) groups is 1. The Morgan fingerprint density at radius 2 is 2.53 bits per heavy atom. The fourth-order valence-corrected chi connectivity index (χ4v) is 2.62. The first kappa shape index (κ1) is 10.8. The summed E-state index contributed by atoms with van der Waals surface area (Å²) in [5.74, 6) is 0.281. The quantitative estimate of drug-likeness (QED) is 0.717. The number of rotatable bonds is 5. The van der Waals surface area contributed by atoms with Gasteiger partial charge in [-0.1, -0.05) is 6.07 Å². The van der Waals surface area contributed by atoms with Gasteiger partial charge in [-0.3, -0.25) is 4.79 Å². The minimum Gasteiger partial charge on any atom is -0.378 e. The van der Waals surface area contributed by atoms with Gasteiger partial charge < -0.3 is 4.74 Å². The Kier molecular flexibility index (Phi) is 3.92. The second kappa shape index (κ2) is 5.42. The van der Waals surface area contributed by atoms with Gasteiger partial charge in [0.2, 0.25) is 0 Å². The van der Waals surface area contributed by atoms with E-state index in [0.717, 1.165) is 24.3 Å². The summed E-state index contributed by atoms with van der Waals surface area (Å²) in [5.41, 5.74) is 0. The molecule has 1 aromatic rings. The molecule has 0 saturated carbocycles. The summed E-state index contributed by atoms with van der Waals surface area (Å²) in [6, 6.07) is 3.83. The lowest BCUT2D eigenvalue weighted by Gasteiger charge is -2.07. The van der Waals surface area contributed by atoms with Crippen LogP contribution < -0.4 is 0 Å². The van der Waals surface area contributed by atoms with Crippen LogP contribution in [0.2, 0.25) is 0 Å². The van der Waals surface area contributed by atoms with Crippen molar-refractivity contribution in [3.05, 3.63) is 22.4 Å². The number of ketones is 1. The summed E-state index contributed by atoms with van der Waals surface area (Å²) in [5, 5.41) is 1.95. The van der Waals surface area contributed by atoms with Crippen LogP contribution in [-0.2, 0) is 4.74 Å². The molecule has 82 valence electrons. The SMILES string of the molecule is O=C(CCCC1CCCO1)c1cccs1. The molecule has 1 aliphatic heterocycles. The maximum atomic E-state index is 11.6. The van der Waals surface area contributed by atoms with Crippen molar-refractivity contribution in [3.63, 3.8) is 0 Å². The van der Waals surface area contributed by atoms with E-state index in [1.807, 2.05) is 17.5 Å². The van der Waals surface area contributed by atoms with Gasteiger partial charge in [-0.25, -0.2) is 0 Å². The zero-order valence-electron chi connectivity index (χ0n) is 8.78. The molecule has 0 radical (unpaired) electrons. The number of ether oxygens (including phenoxy) is 1. The molecule has 2 heterocycles. The van der Waals surface area contributed by atoms with E-state index < -0.39 is 0 Å². The summed E-state index contributed by atoms with van der Waals surface area (Å²) in [6.45, 7) is 0.906. The Labute approximate surface area is 94.3 Å². The summed E-state index contributed by atoms with van der Waals surface area (Å²) < 4.78 is 5.52. The molecule has 1 atom stereocenters. The monoisotopic (exact) mass is 224 g/mol. The number of hydrogen-bond donors (Lipinski definition) is 0. The van der Waals surface area contributed by atoms with E-state index in [0.29, 0.717) is 12.5 Å². The van der Waals surface area contributed by atoms with Crippen molar-refractivity contribution in [1.29, 1.82) is 0 Å². The van der Waals surface area contributed by atoms with Crippen LogP contribution in [0.3, 0.4) is 0 Å². The van der Waals surface area contributed by atoms with Crippen LogP contribution in [0.25, 0.3) is 0 Å². The summed E-state index contributed by atoms with van der Waals surface area (Å²) in [6.07, 6.45) is 5.44. The largest absolute Gasteiger partial charge is 0.378 e. The molecule has 0 bridgehead atoms. The number of hydrogen-bond acceptors (Lipinski definition) is 3. The molecule has 2 nitrogen and oxygen atoms in total. The normalized spacial score (nSPS) is 20.7. The van der Waals surface area contributed by atoms with Crippen LogP contribution in [0.5, 0.6) is 0 Å². The van der Waals surface area contributed by atoms with Crippen LogP contribution in [0, 0.1) is 0 Å². The molecule has 1 unspecified atom stereocenters. The first-order valence-electron chi connectivity index (χ1n) is 5.54. The van der Waals surface area contributed by atoms with Gasteiger partial charge in [-0.15, -0.1) is 11.3 Å². The molecule has 0 spiro atoms. The molecule has 1 aromatic heterocycles. The maximum Gasteiger partial charge on any atom is 0.172 e. The highest BCUT2D eigenvalue weighted by atomic mass is 32.1. The molecule has 0 aromatic carbocycles. The van der Waals surface area contributed by atoms with Crippen LogP contribution in [0.1, 0.15) is 41.8 Å². The van der Waals surface area contributed by atoms with E-state index in [9.17, 15) is 4.79 Å². The topological polar surface area (TPSA) is 26.3 Å². The molecular weight excluding hydrogens is 208 g/mol. The predicted octanol–water partition coefficient (Wildman–Crippen LogP) is 3.28. The zero-order chi connectivity index (χ0) is 10.5. The number of thiophene rings is 1. The van der Waals surface area contributed by atoms with Crippen molar-refractivity contribution >= 4 is 17.1 Å². The lowest BCUT2D eigenvalue weighted by Crippen LogP contribution is -2.06. The lowest BCUT2D eigenvalue weighted by molar-refractivity contribution is 0.0925. The average molecular weight is 224 g/mol. The van der Waals surface area contributed by atoms with Crippen molar-refractivity contribution in [2.24, 2.45) is 0 Å². The predicted molar refractivity (Wildman–Crippen MR) is 61.5 cm³/mol. The van der Waals surface area contributed by atoms with Gasteiger partial charge in [0.15, 0.2) is 5.78 Å². The van der Waals surface area contributed by atoms with Gasteiger partial charge in [0.05, 0.1) is 11.0 Å². The van der Waals surface area contributed by atoms with Gasteiger partial charge in [-0.2, -0.15) is 0 Å². The van der Waals surface area contributed by atoms with E-state index >= 15 is 0 Å². The molecule has 1 aliphatic rings. The molecule has 0 aliphatic carbocycles. The van der Waals surface area contributed by atoms with Crippen LogP contribution >= 0.6 is 11.3 Å². The van der Waals surface area contributed by atoms with E-state index in [2.05, 4.69) is 0 Å². The highest BCUT2D eigenvalue weighted by Crippen LogP contribution is 2.19. The Hall–Kier alpha value is -0.670. The van der Waals surface area contributed by atoms with Crippen LogP contribution in [-0.4, -0.2) is 18.5 Å². The third-order valence-corrected chi connectivity index (χ3v) is 3.66. The van der Waals surface area contributed by atoms with Gasteiger partial charge in [-0.05, 0) is 37.1 Å². The fourth-order valence-electron chi connectivity index (χ4n) is 1.92. The molecular formula is C12H16O2S. The van der Waals surface area contributed by atoms with E-state index in [4.69, 9.17) is 4.74 Å². The van der Waals surface area contributed by atoms with E-state index in [1.54, 1.807) is 0 Å². The van der Waals surface area contributed by atoms with E-state index in [1.165, 1.54) is 24.2 Å². The Bertz CT molecular complexity index is 299. The molecule has 0 amide bonds. The maximum absolute atomic E-state index is 11.6. The first-order valence-corrected chi connectivity index (χ1v) is 6.42.